The average Bonchev–Trinajstić information content (AvgIpc) is 3.64. The summed E-state index contributed by atoms with van der Waals surface area (Å²) in [6.45, 7) is 0. The van der Waals surface area contributed by atoms with Crippen molar-refractivity contribution in [2.45, 2.75) is 6.18 Å². The Labute approximate surface area is 346 Å². The van der Waals surface area contributed by atoms with Crippen LogP contribution >= 0.6 is 0 Å². The SMILES string of the molecule is FC(F)(F)c1ccc(-c2cccc(-c3ccc(N(c4ccc(-c5ccccc5)cc4)c4ccc(-c5ccc(-n6c7ccccc7c7ccccc76)cc5)cc4)cc3)c2)cc1. The molecule has 0 radical (unpaired) electrons. The first-order chi connectivity index (χ1) is 29.4. The molecule has 10 aromatic rings. The van der Waals surface area contributed by atoms with Crippen molar-refractivity contribution >= 4 is 38.9 Å². The number of halogens is 3. The van der Waals surface area contributed by atoms with Crippen LogP contribution in [0.25, 0.3) is 72.0 Å². The Kier molecular flexibility index (Phi) is 9.34. The van der Waals surface area contributed by atoms with E-state index in [9.17, 15) is 13.2 Å². The van der Waals surface area contributed by atoms with Gasteiger partial charge in [-0.1, -0.05) is 146 Å². The molecule has 0 fully saturated rings. The van der Waals surface area contributed by atoms with Crippen molar-refractivity contribution in [3.63, 3.8) is 0 Å². The van der Waals surface area contributed by atoms with Gasteiger partial charge in [-0.25, -0.2) is 0 Å². The van der Waals surface area contributed by atoms with E-state index in [2.05, 4.69) is 179 Å². The molecule has 0 aliphatic heterocycles. The Balaban J connectivity index is 0.964. The number of benzene rings is 9. The van der Waals surface area contributed by atoms with Crippen LogP contribution in [0.4, 0.5) is 30.2 Å². The predicted molar refractivity (Wildman–Crippen MR) is 242 cm³/mol. The van der Waals surface area contributed by atoms with E-state index in [1.807, 2.05) is 30.3 Å². The van der Waals surface area contributed by atoms with Crippen LogP contribution in [0.2, 0.25) is 0 Å². The third kappa shape index (κ3) is 7.01. The van der Waals surface area contributed by atoms with Gasteiger partial charge in [0.05, 0.1) is 16.6 Å². The van der Waals surface area contributed by atoms with Crippen LogP contribution in [0.5, 0.6) is 0 Å². The van der Waals surface area contributed by atoms with Crippen molar-refractivity contribution in [3.8, 4) is 50.2 Å². The molecule has 0 aliphatic carbocycles. The fourth-order valence-electron chi connectivity index (χ4n) is 8.22. The number of anilines is 3. The molecule has 60 heavy (non-hydrogen) atoms. The number of fused-ring (bicyclic) bond motifs is 3. The summed E-state index contributed by atoms with van der Waals surface area (Å²) >= 11 is 0. The summed E-state index contributed by atoms with van der Waals surface area (Å²) in [5.41, 5.74) is 14.0. The van der Waals surface area contributed by atoms with E-state index in [1.54, 1.807) is 0 Å². The van der Waals surface area contributed by atoms with Gasteiger partial charge in [-0.15, -0.1) is 0 Å². The van der Waals surface area contributed by atoms with Crippen molar-refractivity contribution < 1.29 is 13.2 Å². The molecule has 1 aromatic heterocycles. The molecule has 10 rings (SSSR count). The number of hydrogen-bond donors (Lipinski definition) is 0. The van der Waals surface area contributed by atoms with E-state index < -0.39 is 11.7 Å². The summed E-state index contributed by atoms with van der Waals surface area (Å²) in [4.78, 5) is 2.26. The summed E-state index contributed by atoms with van der Waals surface area (Å²) in [5, 5.41) is 2.49. The molecule has 1 heterocycles. The second-order valence-corrected chi connectivity index (χ2v) is 14.9. The number of rotatable bonds is 8. The van der Waals surface area contributed by atoms with Crippen LogP contribution in [0.1, 0.15) is 5.56 Å². The summed E-state index contributed by atoms with van der Waals surface area (Å²) in [6, 6.07) is 75.2. The predicted octanol–water partition coefficient (Wildman–Crippen LogP) is 15.9. The van der Waals surface area contributed by atoms with Gasteiger partial charge in [-0.05, 0) is 123 Å². The second kappa shape index (κ2) is 15.3. The molecule has 0 saturated carbocycles. The molecule has 0 spiro atoms. The molecule has 0 saturated heterocycles. The Bertz CT molecular complexity index is 3020. The standard InChI is InChI=1S/C55H37F3N2/c56-55(57,58)46-27-17-42(18-28-46)44-11-8-12-45(37-44)43-25-33-49(34-26-43)59(47-29-19-39(20-30-47)38-9-2-1-3-10-38)48-31-21-40(22-32-48)41-23-35-50(36-24-41)60-53-15-6-4-13-51(53)52-14-5-7-16-54(52)60/h1-37H. The van der Waals surface area contributed by atoms with Gasteiger partial charge in [0.15, 0.2) is 0 Å². The fourth-order valence-corrected chi connectivity index (χ4v) is 8.22. The van der Waals surface area contributed by atoms with Gasteiger partial charge in [0.1, 0.15) is 0 Å². The number of nitrogens with zero attached hydrogens (tertiary/aromatic N) is 2. The lowest BCUT2D eigenvalue weighted by molar-refractivity contribution is -0.137. The maximum absolute atomic E-state index is 13.2. The summed E-state index contributed by atoms with van der Waals surface area (Å²) in [5.74, 6) is 0. The van der Waals surface area contributed by atoms with Crippen LogP contribution in [0.3, 0.4) is 0 Å². The monoisotopic (exact) mass is 782 g/mol. The van der Waals surface area contributed by atoms with Gasteiger partial charge in [0, 0.05) is 33.5 Å². The summed E-state index contributed by atoms with van der Waals surface area (Å²) in [7, 11) is 0. The zero-order valence-electron chi connectivity index (χ0n) is 32.4. The Morgan fingerprint density at radius 1 is 0.317 bits per heavy atom. The Morgan fingerprint density at radius 2 is 0.667 bits per heavy atom. The quantitative estimate of drug-likeness (QED) is 0.149. The Hall–Kier alpha value is -7.63. The lowest BCUT2D eigenvalue weighted by Gasteiger charge is -2.26. The molecule has 0 unspecified atom stereocenters. The third-order valence-corrected chi connectivity index (χ3v) is 11.3. The van der Waals surface area contributed by atoms with Crippen molar-refractivity contribution in [3.05, 3.63) is 230 Å². The van der Waals surface area contributed by atoms with E-state index in [1.165, 1.54) is 33.9 Å². The van der Waals surface area contributed by atoms with Gasteiger partial charge in [0.25, 0.3) is 0 Å². The maximum atomic E-state index is 13.2. The van der Waals surface area contributed by atoms with Crippen LogP contribution < -0.4 is 4.90 Å². The minimum absolute atomic E-state index is 0.656. The lowest BCUT2D eigenvalue weighted by atomic mass is 9.98. The zero-order chi connectivity index (χ0) is 40.6. The molecule has 2 nitrogen and oxygen atoms in total. The molecule has 0 N–H and O–H groups in total. The molecule has 0 aliphatic rings. The van der Waals surface area contributed by atoms with Crippen LogP contribution in [-0.4, -0.2) is 4.57 Å². The minimum Gasteiger partial charge on any atom is -0.311 e. The Morgan fingerprint density at radius 3 is 1.12 bits per heavy atom. The van der Waals surface area contributed by atoms with Gasteiger partial charge in [-0.3, -0.25) is 0 Å². The highest BCUT2D eigenvalue weighted by atomic mass is 19.4. The third-order valence-electron chi connectivity index (χ3n) is 11.3. The van der Waals surface area contributed by atoms with Gasteiger partial charge in [0.2, 0.25) is 0 Å². The number of hydrogen-bond acceptors (Lipinski definition) is 1. The largest absolute Gasteiger partial charge is 0.416 e. The van der Waals surface area contributed by atoms with Crippen LogP contribution in [0, 0.1) is 0 Å². The fraction of sp³-hybridized carbons (Fsp3) is 0.0182. The first-order valence-electron chi connectivity index (χ1n) is 19.9. The van der Waals surface area contributed by atoms with Crippen LogP contribution in [0.15, 0.2) is 224 Å². The molecule has 0 amide bonds. The molecular formula is C55H37F3N2. The van der Waals surface area contributed by atoms with Gasteiger partial charge in [-0.2, -0.15) is 13.2 Å². The maximum Gasteiger partial charge on any atom is 0.416 e. The van der Waals surface area contributed by atoms with Crippen molar-refractivity contribution in [2.75, 3.05) is 4.90 Å². The molecule has 5 heteroatoms. The highest BCUT2D eigenvalue weighted by Crippen LogP contribution is 2.39. The smallest absolute Gasteiger partial charge is 0.311 e. The summed E-state index contributed by atoms with van der Waals surface area (Å²) < 4.78 is 42.0. The van der Waals surface area contributed by atoms with E-state index in [4.69, 9.17) is 0 Å². The first-order valence-corrected chi connectivity index (χ1v) is 19.9. The lowest BCUT2D eigenvalue weighted by Crippen LogP contribution is -2.09. The molecule has 0 atom stereocenters. The van der Waals surface area contributed by atoms with Crippen molar-refractivity contribution in [1.29, 1.82) is 0 Å². The number of aromatic nitrogens is 1. The highest BCUT2D eigenvalue weighted by Gasteiger charge is 2.30. The van der Waals surface area contributed by atoms with Gasteiger partial charge < -0.3 is 9.47 Å². The van der Waals surface area contributed by atoms with Crippen molar-refractivity contribution in [1.82, 2.24) is 4.57 Å². The zero-order valence-corrected chi connectivity index (χ0v) is 32.4. The van der Waals surface area contributed by atoms with E-state index >= 15 is 0 Å². The summed E-state index contributed by atoms with van der Waals surface area (Å²) in [6.07, 6.45) is -4.37. The van der Waals surface area contributed by atoms with Gasteiger partial charge >= 0.3 is 6.18 Å². The number of para-hydroxylation sites is 2. The number of alkyl halides is 3. The van der Waals surface area contributed by atoms with Crippen molar-refractivity contribution in [2.24, 2.45) is 0 Å². The second-order valence-electron chi connectivity index (χ2n) is 14.9. The minimum atomic E-state index is -4.37. The molecule has 288 valence electrons. The molecular weight excluding hydrogens is 746 g/mol. The first kappa shape index (κ1) is 36.7. The van der Waals surface area contributed by atoms with E-state index in [-0.39, 0.29) is 0 Å². The van der Waals surface area contributed by atoms with Crippen LogP contribution in [-0.2, 0) is 6.18 Å². The topological polar surface area (TPSA) is 8.17 Å². The van der Waals surface area contributed by atoms with E-state index in [0.717, 1.165) is 79.4 Å². The molecule has 9 aromatic carbocycles. The highest BCUT2D eigenvalue weighted by molar-refractivity contribution is 6.09. The molecule has 0 bridgehead atoms. The average molecular weight is 783 g/mol. The normalized spacial score (nSPS) is 11.6. The van der Waals surface area contributed by atoms with E-state index in [0.29, 0.717) is 0 Å².